The van der Waals surface area contributed by atoms with Crippen LogP contribution in [0, 0.1) is 0 Å². The molecule has 0 radical (unpaired) electrons. The molecule has 2 aromatic rings. The molecule has 2 N–H and O–H groups in total. The number of rotatable bonds is 5. The fourth-order valence-corrected chi connectivity index (χ4v) is 2.96. The largest absolute Gasteiger partial charge is 0.461 e. The maximum absolute atomic E-state index is 11.5. The number of carbonyl (C=O) groups excluding carboxylic acids is 1. The molecule has 0 aliphatic carbocycles. The summed E-state index contributed by atoms with van der Waals surface area (Å²) in [5.74, 6) is -0.391. The van der Waals surface area contributed by atoms with Crippen molar-refractivity contribution in [3.05, 3.63) is 21.5 Å². The van der Waals surface area contributed by atoms with Gasteiger partial charge >= 0.3 is 5.97 Å². The monoisotopic (exact) mass is 283 g/mol. The molecule has 0 spiro atoms. The van der Waals surface area contributed by atoms with Crippen LogP contribution in [0.3, 0.4) is 0 Å². The highest BCUT2D eigenvalue weighted by atomic mass is 32.1. The van der Waals surface area contributed by atoms with Crippen molar-refractivity contribution >= 4 is 28.6 Å². The molecule has 96 valence electrons. The van der Waals surface area contributed by atoms with Gasteiger partial charge in [-0.3, -0.25) is 0 Å². The molecule has 0 saturated heterocycles. The number of hydrogen-bond donors (Lipinski definition) is 1. The van der Waals surface area contributed by atoms with Crippen LogP contribution in [0.5, 0.6) is 0 Å². The summed E-state index contributed by atoms with van der Waals surface area (Å²) in [6.07, 6.45) is 0.765. The van der Waals surface area contributed by atoms with Crippen molar-refractivity contribution in [1.29, 1.82) is 0 Å². The van der Waals surface area contributed by atoms with Gasteiger partial charge in [0.15, 0.2) is 5.69 Å². The van der Waals surface area contributed by atoms with Crippen molar-refractivity contribution in [2.75, 3.05) is 13.2 Å². The average Bonchev–Trinajstić information content (AvgIpc) is 2.97. The highest BCUT2D eigenvalue weighted by Gasteiger charge is 2.14. The Hall–Kier alpha value is -1.31. The zero-order valence-corrected chi connectivity index (χ0v) is 11.5. The second-order valence-corrected chi connectivity index (χ2v) is 5.22. The molecule has 0 atom stereocenters. The third kappa shape index (κ3) is 2.92. The second kappa shape index (κ2) is 6.03. The van der Waals surface area contributed by atoms with Gasteiger partial charge in [0.2, 0.25) is 0 Å². The lowest BCUT2D eigenvalue weighted by Crippen LogP contribution is -2.04. The molecule has 0 unspecified atom stereocenters. The van der Waals surface area contributed by atoms with E-state index < -0.39 is 5.97 Å². The number of carbonyl (C=O) groups is 1. The SMILES string of the molecule is CCOC(=O)c1csc(-c2csc(CCN)n2)n1. The van der Waals surface area contributed by atoms with E-state index in [-0.39, 0.29) is 0 Å². The number of esters is 1. The van der Waals surface area contributed by atoms with Crippen LogP contribution in [0.15, 0.2) is 10.8 Å². The topological polar surface area (TPSA) is 78.1 Å². The quantitative estimate of drug-likeness (QED) is 0.848. The van der Waals surface area contributed by atoms with Crippen LogP contribution in [0.2, 0.25) is 0 Å². The minimum absolute atomic E-state index is 0.338. The lowest BCUT2D eigenvalue weighted by molar-refractivity contribution is 0.0520. The van der Waals surface area contributed by atoms with Gasteiger partial charge in [0.05, 0.1) is 11.6 Å². The first kappa shape index (κ1) is 13.1. The predicted molar refractivity (Wildman–Crippen MR) is 71.9 cm³/mol. The van der Waals surface area contributed by atoms with Gasteiger partial charge < -0.3 is 10.5 Å². The van der Waals surface area contributed by atoms with E-state index in [0.717, 1.165) is 22.1 Å². The van der Waals surface area contributed by atoms with Gasteiger partial charge in [-0.05, 0) is 13.5 Å². The minimum atomic E-state index is -0.391. The van der Waals surface area contributed by atoms with Crippen LogP contribution in [-0.4, -0.2) is 29.1 Å². The van der Waals surface area contributed by atoms with E-state index in [1.807, 2.05) is 5.38 Å². The molecule has 2 rings (SSSR count). The fraction of sp³-hybridized carbons (Fsp3) is 0.364. The Labute approximate surface area is 113 Å². The lowest BCUT2D eigenvalue weighted by Gasteiger charge is -1.95. The first-order chi connectivity index (χ1) is 8.74. The summed E-state index contributed by atoms with van der Waals surface area (Å²) in [5.41, 5.74) is 6.61. The Morgan fingerprint density at radius 3 is 2.94 bits per heavy atom. The molecular weight excluding hydrogens is 270 g/mol. The molecule has 0 bridgehead atoms. The van der Waals surface area contributed by atoms with Gasteiger partial charge in [-0.2, -0.15) is 0 Å². The van der Waals surface area contributed by atoms with Crippen LogP contribution < -0.4 is 5.73 Å². The van der Waals surface area contributed by atoms with Crippen LogP contribution >= 0.6 is 22.7 Å². The van der Waals surface area contributed by atoms with E-state index in [1.54, 1.807) is 23.6 Å². The van der Waals surface area contributed by atoms with E-state index in [0.29, 0.717) is 18.8 Å². The third-order valence-corrected chi connectivity index (χ3v) is 3.89. The molecular formula is C11H13N3O2S2. The molecule has 2 heterocycles. The zero-order valence-electron chi connectivity index (χ0n) is 9.88. The average molecular weight is 283 g/mol. The van der Waals surface area contributed by atoms with Crippen molar-refractivity contribution in [2.45, 2.75) is 13.3 Å². The molecule has 2 aromatic heterocycles. The molecule has 0 saturated carbocycles. The van der Waals surface area contributed by atoms with Gasteiger partial charge in [-0.15, -0.1) is 22.7 Å². The number of hydrogen-bond acceptors (Lipinski definition) is 7. The van der Waals surface area contributed by atoms with Crippen molar-refractivity contribution in [1.82, 2.24) is 9.97 Å². The van der Waals surface area contributed by atoms with E-state index in [9.17, 15) is 4.79 Å². The zero-order chi connectivity index (χ0) is 13.0. The highest BCUT2D eigenvalue weighted by Crippen LogP contribution is 2.25. The van der Waals surface area contributed by atoms with Crippen molar-refractivity contribution in [3.63, 3.8) is 0 Å². The van der Waals surface area contributed by atoms with Crippen LogP contribution in [0.4, 0.5) is 0 Å². The van der Waals surface area contributed by atoms with Gasteiger partial charge in [-0.1, -0.05) is 0 Å². The van der Waals surface area contributed by atoms with Gasteiger partial charge in [0.1, 0.15) is 10.7 Å². The van der Waals surface area contributed by atoms with E-state index in [4.69, 9.17) is 10.5 Å². The molecule has 0 amide bonds. The summed E-state index contributed by atoms with van der Waals surface area (Å²) in [5, 5.41) is 5.34. The molecule has 7 heteroatoms. The van der Waals surface area contributed by atoms with Gasteiger partial charge in [0, 0.05) is 17.2 Å². The third-order valence-electron chi connectivity index (χ3n) is 2.12. The molecule has 0 aromatic carbocycles. The van der Waals surface area contributed by atoms with Crippen molar-refractivity contribution in [3.8, 4) is 10.7 Å². The predicted octanol–water partition coefficient (Wildman–Crippen LogP) is 1.94. The number of thiazole rings is 2. The normalized spacial score (nSPS) is 10.6. The Morgan fingerprint density at radius 1 is 1.39 bits per heavy atom. The van der Waals surface area contributed by atoms with Crippen LogP contribution in [0.1, 0.15) is 22.4 Å². The second-order valence-electron chi connectivity index (χ2n) is 3.42. The Morgan fingerprint density at radius 2 is 2.22 bits per heavy atom. The van der Waals surface area contributed by atoms with Crippen LogP contribution in [0.25, 0.3) is 10.7 Å². The van der Waals surface area contributed by atoms with Gasteiger partial charge in [-0.25, -0.2) is 14.8 Å². The number of nitrogens with two attached hydrogens (primary N) is 1. The molecule has 0 aliphatic heterocycles. The molecule has 0 fully saturated rings. The van der Waals surface area contributed by atoms with E-state index >= 15 is 0 Å². The summed E-state index contributed by atoms with van der Waals surface area (Å²) in [7, 11) is 0. The Balaban J connectivity index is 2.15. The standard InChI is InChI=1S/C11H13N3O2S2/c1-2-16-11(15)8-6-18-10(14-8)7-5-17-9(13-7)3-4-12/h5-6H,2-4,12H2,1H3. The van der Waals surface area contributed by atoms with Crippen LogP contribution in [-0.2, 0) is 11.2 Å². The highest BCUT2D eigenvalue weighted by molar-refractivity contribution is 7.14. The maximum atomic E-state index is 11.5. The lowest BCUT2D eigenvalue weighted by atomic mass is 10.4. The first-order valence-corrected chi connectivity index (χ1v) is 7.28. The Bertz CT molecular complexity index is 536. The van der Waals surface area contributed by atoms with Crippen molar-refractivity contribution < 1.29 is 9.53 Å². The first-order valence-electron chi connectivity index (χ1n) is 5.52. The number of aromatic nitrogens is 2. The smallest absolute Gasteiger partial charge is 0.357 e. The number of nitrogens with zero attached hydrogens (tertiary/aromatic N) is 2. The maximum Gasteiger partial charge on any atom is 0.357 e. The van der Waals surface area contributed by atoms with Crippen molar-refractivity contribution in [2.24, 2.45) is 5.73 Å². The molecule has 18 heavy (non-hydrogen) atoms. The van der Waals surface area contributed by atoms with E-state index in [2.05, 4.69) is 9.97 Å². The van der Waals surface area contributed by atoms with E-state index in [1.165, 1.54) is 11.3 Å². The number of ether oxygens (including phenoxy) is 1. The summed E-state index contributed by atoms with van der Waals surface area (Å²) >= 11 is 2.95. The molecule has 5 nitrogen and oxygen atoms in total. The summed E-state index contributed by atoms with van der Waals surface area (Å²) in [4.78, 5) is 20.1. The molecule has 0 aliphatic rings. The summed E-state index contributed by atoms with van der Waals surface area (Å²) < 4.78 is 4.89. The van der Waals surface area contributed by atoms with Gasteiger partial charge in [0.25, 0.3) is 0 Å². The summed E-state index contributed by atoms with van der Waals surface area (Å²) in [6.45, 7) is 2.70. The summed E-state index contributed by atoms with van der Waals surface area (Å²) in [6, 6.07) is 0. The minimum Gasteiger partial charge on any atom is -0.461 e. The fourth-order valence-electron chi connectivity index (χ4n) is 1.34. The Kier molecular flexibility index (Phi) is 4.40.